The molecule has 66 valence electrons. The minimum absolute atomic E-state index is 0.429. The van der Waals surface area contributed by atoms with E-state index in [0.29, 0.717) is 0 Å². The topological polar surface area (TPSA) is 69.9 Å². The van der Waals surface area contributed by atoms with Gasteiger partial charge in [-0.1, -0.05) is 6.92 Å². The van der Waals surface area contributed by atoms with E-state index in [9.17, 15) is 10.2 Å². The summed E-state index contributed by atoms with van der Waals surface area (Å²) in [6.07, 6.45) is -3.26. The van der Waals surface area contributed by atoms with Gasteiger partial charge in [-0.05, 0) is 6.92 Å². The van der Waals surface area contributed by atoms with Gasteiger partial charge in [0.25, 0.3) is 0 Å². The Labute approximate surface area is 65.4 Å². The predicted molar refractivity (Wildman–Crippen MR) is 37.7 cm³/mol. The van der Waals surface area contributed by atoms with Gasteiger partial charge in [-0.3, -0.25) is 0 Å². The van der Waals surface area contributed by atoms with Crippen LogP contribution in [-0.4, -0.2) is 39.9 Å². The predicted octanol–water partition coefficient (Wildman–Crippen LogP) is -0.919. The van der Waals surface area contributed by atoms with Crippen LogP contribution in [-0.2, 0) is 4.74 Å². The van der Waals surface area contributed by atoms with Gasteiger partial charge < -0.3 is 20.1 Å². The molecule has 0 spiro atoms. The van der Waals surface area contributed by atoms with Crippen LogP contribution in [0.2, 0.25) is 0 Å². The van der Waals surface area contributed by atoms with Gasteiger partial charge in [0, 0.05) is 5.92 Å². The highest BCUT2D eigenvalue weighted by Gasteiger charge is 2.38. The van der Waals surface area contributed by atoms with Gasteiger partial charge in [0.05, 0.1) is 12.2 Å². The molecular weight excluding hydrogens is 148 g/mol. The zero-order chi connectivity index (χ0) is 8.59. The summed E-state index contributed by atoms with van der Waals surface area (Å²) in [6, 6.07) is 0. The van der Waals surface area contributed by atoms with Crippen molar-refractivity contribution in [3.63, 3.8) is 0 Å². The lowest BCUT2D eigenvalue weighted by atomic mass is 9.93. The van der Waals surface area contributed by atoms with Crippen LogP contribution in [0, 0.1) is 5.92 Å². The summed E-state index contributed by atoms with van der Waals surface area (Å²) in [5.41, 5.74) is 0. The molecule has 0 saturated carbocycles. The molecule has 4 nitrogen and oxygen atoms in total. The fraction of sp³-hybridized carbons (Fsp3) is 1.00. The highest BCUT2D eigenvalue weighted by Crippen LogP contribution is 2.23. The third-order valence-corrected chi connectivity index (χ3v) is 2.17. The van der Waals surface area contributed by atoms with E-state index in [1.165, 1.54) is 0 Å². The second-order valence-corrected chi connectivity index (χ2v) is 3.07. The Morgan fingerprint density at radius 1 is 1.00 bits per heavy atom. The molecule has 4 heteroatoms. The maximum Gasteiger partial charge on any atom is 0.160 e. The third kappa shape index (κ3) is 1.54. The standard InChI is InChI=1S/C7H14O4/c1-3-5(8)6(9)4(2)11-7(3)10/h3-10H,1-2H3/t3-,4-,5-,6+,7+/m0/s1. The van der Waals surface area contributed by atoms with Crippen molar-refractivity contribution in [1.82, 2.24) is 0 Å². The molecule has 0 bridgehead atoms. The molecule has 0 amide bonds. The van der Waals surface area contributed by atoms with Crippen LogP contribution < -0.4 is 0 Å². The fourth-order valence-electron chi connectivity index (χ4n) is 1.18. The van der Waals surface area contributed by atoms with E-state index in [4.69, 9.17) is 9.84 Å². The molecular formula is C7H14O4. The van der Waals surface area contributed by atoms with Crippen LogP contribution in [0.5, 0.6) is 0 Å². The first-order valence-electron chi connectivity index (χ1n) is 3.73. The van der Waals surface area contributed by atoms with Gasteiger partial charge in [-0.2, -0.15) is 0 Å². The molecule has 0 unspecified atom stereocenters. The molecule has 11 heavy (non-hydrogen) atoms. The number of hydrogen-bond acceptors (Lipinski definition) is 4. The van der Waals surface area contributed by atoms with Gasteiger partial charge in [0.2, 0.25) is 0 Å². The average molecular weight is 162 g/mol. The lowest BCUT2D eigenvalue weighted by molar-refractivity contribution is -0.255. The van der Waals surface area contributed by atoms with Crippen molar-refractivity contribution >= 4 is 0 Å². The van der Waals surface area contributed by atoms with Crippen LogP contribution >= 0.6 is 0 Å². The second-order valence-electron chi connectivity index (χ2n) is 3.07. The molecule has 0 aromatic carbocycles. The van der Waals surface area contributed by atoms with E-state index in [2.05, 4.69) is 0 Å². The quantitative estimate of drug-likeness (QED) is 0.431. The summed E-state index contributed by atoms with van der Waals surface area (Å²) >= 11 is 0. The van der Waals surface area contributed by atoms with Gasteiger partial charge in [0.1, 0.15) is 6.10 Å². The van der Waals surface area contributed by atoms with E-state index in [-0.39, 0.29) is 0 Å². The molecule has 1 rings (SSSR count). The van der Waals surface area contributed by atoms with Gasteiger partial charge >= 0.3 is 0 Å². The Balaban J connectivity index is 2.63. The summed E-state index contributed by atoms with van der Waals surface area (Å²) in [6.45, 7) is 3.24. The van der Waals surface area contributed by atoms with Gasteiger partial charge in [-0.25, -0.2) is 0 Å². The largest absolute Gasteiger partial charge is 0.390 e. The van der Waals surface area contributed by atoms with E-state index in [1.807, 2.05) is 0 Å². The monoisotopic (exact) mass is 162 g/mol. The minimum Gasteiger partial charge on any atom is -0.390 e. The summed E-state index contributed by atoms with van der Waals surface area (Å²) in [7, 11) is 0. The molecule has 1 aliphatic heterocycles. The number of ether oxygens (including phenoxy) is 1. The Morgan fingerprint density at radius 2 is 1.55 bits per heavy atom. The van der Waals surface area contributed by atoms with Crippen molar-refractivity contribution in [3.05, 3.63) is 0 Å². The first-order valence-corrected chi connectivity index (χ1v) is 3.73. The molecule has 1 aliphatic rings. The van der Waals surface area contributed by atoms with Crippen molar-refractivity contribution in [2.75, 3.05) is 0 Å². The van der Waals surface area contributed by atoms with Crippen LogP contribution in [0.4, 0.5) is 0 Å². The molecule has 1 heterocycles. The molecule has 1 saturated heterocycles. The van der Waals surface area contributed by atoms with Crippen LogP contribution in [0.3, 0.4) is 0 Å². The van der Waals surface area contributed by atoms with Crippen molar-refractivity contribution in [3.8, 4) is 0 Å². The smallest absolute Gasteiger partial charge is 0.160 e. The maximum atomic E-state index is 9.30. The molecule has 5 atom stereocenters. The summed E-state index contributed by atoms with van der Waals surface area (Å²) in [5.74, 6) is -0.429. The minimum atomic E-state index is -0.969. The molecule has 0 aromatic rings. The van der Waals surface area contributed by atoms with Gasteiger partial charge in [0.15, 0.2) is 6.29 Å². The number of aliphatic hydroxyl groups is 3. The van der Waals surface area contributed by atoms with E-state index < -0.39 is 30.5 Å². The van der Waals surface area contributed by atoms with Crippen molar-refractivity contribution in [1.29, 1.82) is 0 Å². The number of hydrogen-bond donors (Lipinski definition) is 3. The Morgan fingerprint density at radius 3 is 2.09 bits per heavy atom. The van der Waals surface area contributed by atoms with E-state index >= 15 is 0 Å². The van der Waals surface area contributed by atoms with Gasteiger partial charge in [-0.15, -0.1) is 0 Å². The molecule has 3 N–H and O–H groups in total. The van der Waals surface area contributed by atoms with E-state index in [0.717, 1.165) is 0 Å². The molecule has 0 aromatic heterocycles. The van der Waals surface area contributed by atoms with Crippen LogP contribution in [0.15, 0.2) is 0 Å². The first-order chi connectivity index (χ1) is 5.04. The van der Waals surface area contributed by atoms with Crippen molar-refractivity contribution < 1.29 is 20.1 Å². The van der Waals surface area contributed by atoms with Crippen molar-refractivity contribution in [2.24, 2.45) is 5.92 Å². The molecule has 0 radical (unpaired) electrons. The van der Waals surface area contributed by atoms with Crippen LogP contribution in [0.25, 0.3) is 0 Å². The first kappa shape index (κ1) is 8.93. The lowest BCUT2D eigenvalue weighted by Gasteiger charge is -2.37. The number of rotatable bonds is 0. The summed E-state index contributed by atoms with van der Waals surface area (Å²) in [4.78, 5) is 0. The zero-order valence-corrected chi connectivity index (χ0v) is 6.64. The Bertz CT molecular complexity index is 124. The third-order valence-electron chi connectivity index (χ3n) is 2.17. The molecule has 0 aliphatic carbocycles. The van der Waals surface area contributed by atoms with E-state index in [1.54, 1.807) is 13.8 Å². The Kier molecular flexibility index (Phi) is 2.49. The highest BCUT2D eigenvalue weighted by atomic mass is 16.6. The zero-order valence-electron chi connectivity index (χ0n) is 6.64. The lowest BCUT2D eigenvalue weighted by Crippen LogP contribution is -2.52. The average Bonchev–Trinajstić information content (AvgIpc) is 1.97. The maximum absolute atomic E-state index is 9.30. The Hall–Kier alpha value is -0.160. The second kappa shape index (κ2) is 3.06. The summed E-state index contributed by atoms with van der Waals surface area (Å²) in [5, 5.41) is 27.7. The highest BCUT2D eigenvalue weighted by molar-refractivity contribution is 4.84. The van der Waals surface area contributed by atoms with Crippen LogP contribution in [0.1, 0.15) is 13.8 Å². The molecule has 1 fully saturated rings. The van der Waals surface area contributed by atoms with Crippen molar-refractivity contribution in [2.45, 2.75) is 38.4 Å². The number of aliphatic hydroxyl groups excluding tert-OH is 3. The normalized spacial score (nSPS) is 52.6. The fourth-order valence-corrected chi connectivity index (χ4v) is 1.18. The SMILES string of the molecule is C[C@H]1[C@H](O)[C@H](O)[C@H](C)O[C@H]1O. The summed E-state index contributed by atoms with van der Waals surface area (Å²) < 4.78 is 4.93.